The number of aromatic nitrogens is 4. The molecule has 0 aliphatic rings. The summed E-state index contributed by atoms with van der Waals surface area (Å²) in [6.45, 7) is 2.83. The Morgan fingerprint density at radius 2 is 1.88 bits per heavy atom. The van der Waals surface area contributed by atoms with Crippen molar-refractivity contribution in [1.29, 1.82) is 0 Å². The molecule has 3 rings (SSSR count). The van der Waals surface area contributed by atoms with E-state index in [0.29, 0.717) is 30.7 Å². The molecular weight excluding hydrogens is 308 g/mol. The van der Waals surface area contributed by atoms with Crippen molar-refractivity contribution in [2.75, 3.05) is 7.11 Å². The number of hydrogen-bond donors (Lipinski definition) is 0. The van der Waals surface area contributed by atoms with Crippen LogP contribution in [0.1, 0.15) is 18.9 Å². The first-order valence-electron chi connectivity index (χ1n) is 7.84. The first-order chi connectivity index (χ1) is 11.6. The molecule has 126 valence electrons. The van der Waals surface area contributed by atoms with Crippen LogP contribution in [0.25, 0.3) is 11.2 Å². The van der Waals surface area contributed by atoms with Crippen molar-refractivity contribution in [2.24, 2.45) is 7.05 Å². The fourth-order valence-electron chi connectivity index (χ4n) is 2.79. The summed E-state index contributed by atoms with van der Waals surface area (Å²) in [5.74, 6) is 0.780. The Balaban J connectivity index is 2.12. The standard InChI is InChI=1S/C17H20N4O3/c1-4-9-21-16(22)14-15(19(2)17(21)23)18-11-20(14)10-12-5-7-13(24-3)8-6-12/h5-8,11H,4,9-10H2,1-3H3. The molecule has 0 spiro atoms. The van der Waals surface area contributed by atoms with E-state index in [1.54, 1.807) is 25.1 Å². The molecule has 7 nitrogen and oxygen atoms in total. The van der Waals surface area contributed by atoms with Crippen LogP contribution in [-0.2, 0) is 20.1 Å². The van der Waals surface area contributed by atoms with Crippen LogP contribution in [0.3, 0.4) is 0 Å². The van der Waals surface area contributed by atoms with E-state index in [9.17, 15) is 9.59 Å². The van der Waals surface area contributed by atoms with E-state index in [0.717, 1.165) is 11.3 Å². The molecular formula is C17H20N4O3. The highest BCUT2D eigenvalue weighted by molar-refractivity contribution is 5.70. The molecule has 7 heteroatoms. The van der Waals surface area contributed by atoms with Gasteiger partial charge in [0, 0.05) is 20.1 Å². The van der Waals surface area contributed by atoms with Crippen molar-refractivity contribution in [3.05, 3.63) is 57.0 Å². The lowest BCUT2D eigenvalue weighted by Gasteiger charge is -2.09. The molecule has 0 amide bonds. The molecule has 0 aliphatic heterocycles. The van der Waals surface area contributed by atoms with E-state index >= 15 is 0 Å². The average Bonchev–Trinajstić information content (AvgIpc) is 3.01. The lowest BCUT2D eigenvalue weighted by molar-refractivity contribution is 0.414. The quantitative estimate of drug-likeness (QED) is 0.709. The summed E-state index contributed by atoms with van der Waals surface area (Å²) in [4.78, 5) is 29.3. The molecule has 24 heavy (non-hydrogen) atoms. The van der Waals surface area contributed by atoms with Gasteiger partial charge in [0.05, 0.1) is 13.4 Å². The Morgan fingerprint density at radius 3 is 2.50 bits per heavy atom. The summed E-state index contributed by atoms with van der Waals surface area (Å²) < 4.78 is 9.64. The first-order valence-corrected chi connectivity index (χ1v) is 7.84. The van der Waals surface area contributed by atoms with Gasteiger partial charge in [-0.3, -0.25) is 13.9 Å². The molecule has 0 radical (unpaired) electrons. The highest BCUT2D eigenvalue weighted by Crippen LogP contribution is 2.14. The zero-order valence-corrected chi connectivity index (χ0v) is 14.0. The van der Waals surface area contributed by atoms with Gasteiger partial charge in [-0.2, -0.15) is 0 Å². The van der Waals surface area contributed by atoms with E-state index in [1.165, 1.54) is 9.13 Å². The van der Waals surface area contributed by atoms with Crippen LogP contribution in [-0.4, -0.2) is 25.8 Å². The highest BCUT2D eigenvalue weighted by Gasteiger charge is 2.15. The summed E-state index contributed by atoms with van der Waals surface area (Å²) in [6.07, 6.45) is 2.32. The van der Waals surface area contributed by atoms with Crippen LogP contribution >= 0.6 is 0 Å². The normalized spacial score (nSPS) is 11.1. The summed E-state index contributed by atoms with van der Waals surface area (Å²) in [5.41, 5.74) is 1.25. The van der Waals surface area contributed by atoms with Crippen molar-refractivity contribution in [3.8, 4) is 5.75 Å². The van der Waals surface area contributed by atoms with Crippen molar-refractivity contribution < 1.29 is 4.74 Å². The Morgan fingerprint density at radius 1 is 1.17 bits per heavy atom. The number of aryl methyl sites for hydroxylation is 1. The molecule has 2 aromatic heterocycles. The molecule has 0 N–H and O–H groups in total. The maximum absolute atomic E-state index is 12.7. The third-order valence-corrected chi connectivity index (χ3v) is 4.06. The number of imidazole rings is 1. The van der Waals surface area contributed by atoms with Crippen LogP contribution < -0.4 is 16.0 Å². The zero-order valence-electron chi connectivity index (χ0n) is 14.0. The lowest BCUT2D eigenvalue weighted by atomic mass is 10.2. The van der Waals surface area contributed by atoms with E-state index < -0.39 is 0 Å². The van der Waals surface area contributed by atoms with Crippen molar-refractivity contribution in [1.82, 2.24) is 18.7 Å². The third-order valence-electron chi connectivity index (χ3n) is 4.06. The number of methoxy groups -OCH3 is 1. The summed E-state index contributed by atoms with van der Waals surface area (Å²) >= 11 is 0. The van der Waals surface area contributed by atoms with Gasteiger partial charge in [0.2, 0.25) is 0 Å². The molecule has 0 saturated carbocycles. The van der Waals surface area contributed by atoms with Gasteiger partial charge >= 0.3 is 5.69 Å². The second-order valence-electron chi connectivity index (χ2n) is 5.69. The van der Waals surface area contributed by atoms with Gasteiger partial charge in [-0.25, -0.2) is 9.78 Å². The van der Waals surface area contributed by atoms with Crippen LogP contribution in [0, 0.1) is 0 Å². The minimum Gasteiger partial charge on any atom is -0.497 e. The van der Waals surface area contributed by atoms with Gasteiger partial charge in [-0.1, -0.05) is 19.1 Å². The number of rotatable bonds is 5. The molecule has 0 saturated heterocycles. The predicted octanol–water partition coefficient (Wildman–Crippen LogP) is 1.36. The Bertz CT molecular complexity index is 980. The Kier molecular flexibility index (Phi) is 4.24. The van der Waals surface area contributed by atoms with E-state index in [-0.39, 0.29) is 11.2 Å². The maximum atomic E-state index is 12.7. The topological polar surface area (TPSA) is 71.0 Å². The van der Waals surface area contributed by atoms with Crippen molar-refractivity contribution in [2.45, 2.75) is 26.4 Å². The second kappa shape index (κ2) is 6.35. The molecule has 3 aromatic rings. The second-order valence-corrected chi connectivity index (χ2v) is 5.69. The lowest BCUT2D eigenvalue weighted by Crippen LogP contribution is -2.39. The first kappa shape index (κ1) is 16.0. The van der Waals surface area contributed by atoms with E-state index in [1.807, 2.05) is 31.2 Å². The van der Waals surface area contributed by atoms with Crippen LogP contribution in [0.5, 0.6) is 5.75 Å². The van der Waals surface area contributed by atoms with Gasteiger partial charge < -0.3 is 9.30 Å². The molecule has 0 atom stereocenters. The summed E-state index contributed by atoms with van der Waals surface area (Å²) in [5, 5.41) is 0. The number of benzene rings is 1. The van der Waals surface area contributed by atoms with Gasteiger partial charge in [-0.05, 0) is 24.1 Å². The van der Waals surface area contributed by atoms with Gasteiger partial charge in [0.25, 0.3) is 5.56 Å². The fraction of sp³-hybridized carbons (Fsp3) is 0.353. The molecule has 0 fully saturated rings. The summed E-state index contributed by atoms with van der Waals surface area (Å²) in [7, 11) is 3.26. The van der Waals surface area contributed by atoms with Crippen LogP contribution in [0.15, 0.2) is 40.2 Å². The monoisotopic (exact) mass is 328 g/mol. The SMILES string of the molecule is CCCn1c(=O)c2c(ncn2Cc2ccc(OC)cc2)n(C)c1=O. The number of hydrogen-bond acceptors (Lipinski definition) is 4. The van der Waals surface area contributed by atoms with Crippen molar-refractivity contribution >= 4 is 11.2 Å². The Hall–Kier alpha value is -2.83. The van der Waals surface area contributed by atoms with E-state index in [2.05, 4.69) is 4.98 Å². The number of ether oxygens (including phenoxy) is 1. The van der Waals surface area contributed by atoms with Gasteiger partial charge in [-0.15, -0.1) is 0 Å². The summed E-state index contributed by atoms with van der Waals surface area (Å²) in [6, 6.07) is 7.63. The predicted molar refractivity (Wildman–Crippen MR) is 91.6 cm³/mol. The highest BCUT2D eigenvalue weighted by atomic mass is 16.5. The fourth-order valence-corrected chi connectivity index (χ4v) is 2.79. The van der Waals surface area contributed by atoms with Crippen LogP contribution in [0.4, 0.5) is 0 Å². The minimum absolute atomic E-state index is 0.291. The largest absolute Gasteiger partial charge is 0.497 e. The zero-order chi connectivity index (χ0) is 17.3. The smallest absolute Gasteiger partial charge is 0.332 e. The molecule has 0 unspecified atom stereocenters. The third kappa shape index (κ3) is 2.62. The van der Waals surface area contributed by atoms with Gasteiger partial charge in [0.15, 0.2) is 11.2 Å². The van der Waals surface area contributed by atoms with Crippen molar-refractivity contribution in [3.63, 3.8) is 0 Å². The maximum Gasteiger partial charge on any atom is 0.332 e. The van der Waals surface area contributed by atoms with Gasteiger partial charge in [0.1, 0.15) is 5.75 Å². The number of nitrogens with zero attached hydrogens (tertiary/aromatic N) is 4. The molecule has 2 heterocycles. The molecule has 0 bridgehead atoms. The molecule has 1 aromatic carbocycles. The average molecular weight is 328 g/mol. The Labute approximate surface area is 138 Å². The number of fused-ring (bicyclic) bond motifs is 1. The molecule has 0 aliphatic carbocycles. The minimum atomic E-state index is -0.330. The van der Waals surface area contributed by atoms with E-state index in [4.69, 9.17) is 4.74 Å². The van der Waals surface area contributed by atoms with Crippen LogP contribution in [0.2, 0.25) is 0 Å².